The first-order valence-corrected chi connectivity index (χ1v) is 6.62. The minimum Gasteiger partial charge on any atom is -0.506 e. The van der Waals surface area contributed by atoms with Crippen molar-refractivity contribution in [1.82, 2.24) is 0 Å². The third-order valence-electron chi connectivity index (χ3n) is 3.28. The minimum absolute atomic E-state index is 0.0542. The van der Waals surface area contributed by atoms with Gasteiger partial charge in [0.25, 0.3) is 0 Å². The van der Waals surface area contributed by atoms with Gasteiger partial charge in [0.2, 0.25) is 0 Å². The number of allylic oxidation sites excluding steroid dienone is 4. The number of azo groups is 1. The summed E-state index contributed by atoms with van der Waals surface area (Å²) in [6.07, 6.45) is 8.11. The Labute approximate surface area is 122 Å². The van der Waals surface area contributed by atoms with Crippen molar-refractivity contribution in [2.75, 3.05) is 0 Å². The molecule has 0 aliphatic heterocycles. The van der Waals surface area contributed by atoms with Crippen molar-refractivity contribution < 1.29 is 10.2 Å². The molecule has 0 fully saturated rings. The van der Waals surface area contributed by atoms with E-state index < -0.39 is 0 Å². The molecule has 2 N–H and O–H groups in total. The van der Waals surface area contributed by atoms with Crippen LogP contribution in [0.25, 0.3) is 0 Å². The zero-order chi connectivity index (χ0) is 14.7. The lowest BCUT2D eigenvalue weighted by molar-refractivity contribution is 0.473. The highest BCUT2D eigenvalue weighted by molar-refractivity contribution is 5.56. The van der Waals surface area contributed by atoms with Crippen molar-refractivity contribution in [3.05, 3.63) is 72.3 Å². The Morgan fingerprint density at radius 3 is 2.19 bits per heavy atom. The van der Waals surface area contributed by atoms with Gasteiger partial charge in [0.1, 0.15) is 22.9 Å². The fraction of sp³-hybridized carbons (Fsp3) is 0.0588. The van der Waals surface area contributed by atoms with Crippen molar-refractivity contribution in [1.29, 1.82) is 0 Å². The van der Waals surface area contributed by atoms with Gasteiger partial charge in [-0.1, -0.05) is 42.5 Å². The molecule has 3 rings (SSSR count). The van der Waals surface area contributed by atoms with Crippen LogP contribution in [0.2, 0.25) is 0 Å². The Kier molecular flexibility index (Phi) is 3.51. The van der Waals surface area contributed by atoms with Gasteiger partial charge in [-0.25, -0.2) is 0 Å². The smallest absolute Gasteiger partial charge is 0.143 e. The predicted octanol–water partition coefficient (Wildman–Crippen LogP) is 4.72. The van der Waals surface area contributed by atoms with Gasteiger partial charge in [0, 0.05) is 5.92 Å². The van der Waals surface area contributed by atoms with Crippen LogP contribution in [0.15, 0.2) is 77.0 Å². The van der Waals surface area contributed by atoms with E-state index in [-0.39, 0.29) is 17.4 Å². The number of phenolic OH excluding ortho intramolecular Hbond substituents is 2. The molecule has 0 saturated heterocycles. The second-order valence-electron chi connectivity index (χ2n) is 4.73. The van der Waals surface area contributed by atoms with Gasteiger partial charge in [-0.2, -0.15) is 0 Å². The summed E-state index contributed by atoms with van der Waals surface area (Å²) in [5.41, 5.74) is 1.77. The highest BCUT2D eigenvalue weighted by Gasteiger charge is 2.10. The van der Waals surface area contributed by atoms with Crippen LogP contribution in [-0.4, -0.2) is 10.2 Å². The number of aromatic hydroxyl groups is 2. The lowest BCUT2D eigenvalue weighted by Gasteiger charge is -2.07. The number of phenols is 2. The van der Waals surface area contributed by atoms with Crippen LogP contribution in [-0.2, 0) is 0 Å². The molecule has 0 unspecified atom stereocenters. The van der Waals surface area contributed by atoms with E-state index in [9.17, 15) is 10.2 Å². The summed E-state index contributed by atoms with van der Waals surface area (Å²) in [5.74, 6) is 0.312. The summed E-state index contributed by atoms with van der Waals surface area (Å²) in [5, 5.41) is 27.5. The second kappa shape index (κ2) is 5.63. The second-order valence-corrected chi connectivity index (χ2v) is 4.73. The molecule has 0 spiro atoms. The van der Waals surface area contributed by atoms with Crippen LogP contribution in [0.5, 0.6) is 11.5 Å². The lowest BCUT2D eigenvalue weighted by atomic mass is 10.0. The third-order valence-corrected chi connectivity index (χ3v) is 3.28. The molecule has 104 valence electrons. The minimum atomic E-state index is 0.0542. The van der Waals surface area contributed by atoms with Gasteiger partial charge < -0.3 is 10.2 Å². The van der Waals surface area contributed by atoms with Crippen molar-refractivity contribution in [2.24, 2.45) is 10.2 Å². The molecule has 0 saturated carbocycles. The van der Waals surface area contributed by atoms with E-state index in [0.717, 1.165) is 5.56 Å². The van der Waals surface area contributed by atoms with Gasteiger partial charge >= 0.3 is 0 Å². The Morgan fingerprint density at radius 1 is 0.762 bits per heavy atom. The highest BCUT2D eigenvalue weighted by Crippen LogP contribution is 2.34. The number of hydrogen-bond donors (Lipinski definition) is 2. The largest absolute Gasteiger partial charge is 0.506 e. The van der Waals surface area contributed by atoms with Gasteiger partial charge in [0.05, 0.1) is 0 Å². The van der Waals surface area contributed by atoms with Gasteiger partial charge in [-0.3, -0.25) is 0 Å². The quantitative estimate of drug-likeness (QED) is 0.797. The summed E-state index contributed by atoms with van der Waals surface area (Å²) < 4.78 is 0. The lowest BCUT2D eigenvalue weighted by Crippen LogP contribution is -1.87. The van der Waals surface area contributed by atoms with Crippen LogP contribution in [0, 0.1) is 0 Å². The van der Waals surface area contributed by atoms with Crippen LogP contribution < -0.4 is 0 Å². The van der Waals surface area contributed by atoms with E-state index in [4.69, 9.17) is 0 Å². The van der Waals surface area contributed by atoms with E-state index in [1.165, 1.54) is 0 Å². The number of hydrogen-bond acceptors (Lipinski definition) is 4. The maximum absolute atomic E-state index is 9.87. The third kappa shape index (κ3) is 2.84. The van der Waals surface area contributed by atoms with Crippen LogP contribution in [0.3, 0.4) is 0 Å². The summed E-state index contributed by atoms with van der Waals surface area (Å²) in [6.45, 7) is 0. The topological polar surface area (TPSA) is 65.2 Å². The van der Waals surface area contributed by atoms with Crippen LogP contribution in [0.1, 0.15) is 11.5 Å². The molecule has 0 radical (unpaired) electrons. The summed E-state index contributed by atoms with van der Waals surface area (Å²) in [6, 6.07) is 11.9. The van der Waals surface area contributed by atoms with E-state index in [1.54, 1.807) is 36.4 Å². The van der Waals surface area contributed by atoms with Crippen molar-refractivity contribution in [3.63, 3.8) is 0 Å². The number of para-hydroxylation sites is 1. The summed E-state index contributed by atoms with van der Waals surface area (Å²) in [4.78, 5) is 0. The van der Waals surface area contributed by atoms with E-state index >= 15 is 0 Å². The first-order chi connectivity index (χ1) is 10.2. The highest BCUT2D eigenvalue weighted by atomic mass is 16.3. The molecule has 0 bridgehead atoms. The van der Waals surface area contributed by atoms with E-state index in [1.807, 2.05) is 18.2 Å². The van der Waals surface area contributed by atoms with Crippen molar-refractivity contribution >= 4 is 11.4 Å². The molecule has 0 aromatic heterocycles. The normalized spacial score (nSPS) is 14.3. The maximum Gasteiger partial charge on any atom is 0.143 e. The van der Waals surface area contributed by atoms with Gasteiger partial charge in [-0.05, 0) is 29.8 Å². The molecule has 2 aromatic rings. The standard InChI is InChI=1S/C17H14N2O2/c20-16-8-4-3-7-14(16)18-19-15-11-13(9-10-17(15)21)12-5-1-2-6-12/h1-12,20-21H. The van der Waals surface area contributed by atoms with E-state index in [2.05, 4.69) is 22.4 Å². The van der Waals surface area contributed by atoms with Gasteiger partial charge in [-0.15, -0.1) is 10.2 Å². The van der Waals surface area contributed by atoms with E-state index in [0.29, 0.717) is 11.4 Å². The molecule has 4 nitrogen and oxygen atoms in total. The maximum atomic E-state index is 9.87. The average Bonchev–Trinajstić information content (AvgIpc) is 3.02. The molecule has 1 aliphatic carbocycles. The zero-order valence-electron chi connectivity index (χ0n) is 11.2. The Hall–Kier alpha value is -2.88. The van der Waals surface area contributed by atoms with Gasteiger partial charge in [0.15, 0.2) is 0 Å². The van der Waals surface area contributed by atoms with Crippen LogP contribution >= 0.6 is 0 Å². The molecule has 0 amide bonds. The molecule has 21 heavy (non-hydrogen) atoms. The molecular weight excluding hydrogens is 264 g/mol. The predicted molar refractivity (Wildman–Crippen MR) is 81.4 cm³/mol. The molecule has 0 atom stereocenters. The number of benzene rings is 2. The van der Waals surface area contributed by atoms with Crippen molar-refractivity contribution in [3.8, 4) is 11.5 Å². The Balaban J connectivity index is 1.91. The van der Waals surface area contributed by atoms with Crippen LogP contribution in [0.4, 0.5) is 11.4 Å². The number of rotatable bonds is 3. The fourth-order valence-corrected chi connectivity index (χ4v) is 2.14. The molecule has 1 aliphatic rings. The monoisotopic (exact) mass is 278 g/mol. The first kappa shape index (κ1) is 13.1. The number of nitrogens with zero attached hydrogens (tertiary/aromatic N) is 2. The first-order valence-electron chi connectivity index (χ1n) is 6.62. The molecule has 2 aromatic carbocycles. The summed E-state index contributed by atoms with van der Waals surface area (Å²) >= 11 is 0. The summed E-state index contributed by atoms with van der Waals surface area (Å²) in [7, 11) is 0. The Bertz CT molecular complexity index is 736. The molecule has 0 heterocycles. The fourth-order valence-electron chi connectivity index (χ4n) is 2.14. The SMILES string of the molecule is Oc1ccccc1N=Nc1cc(C2C=CC=C2)ccc1O. The molecular formula is C17H14N2O2. The zero-order valence-corrected chi connectivity index (χ0v) is 11.2. The van der Waals surface area contributed by atoms with Crippen molar-refractivity contribution in [2.45, 2.75) is 5.92 Å². The average molecular weight is 278 g/mol. The molecule has 4 heteroatoms. The Morgan fingerprint density at radius 2 is 1.43 bits per heavy atom.